The molecule has 0 aliphatic carbocycles. The van der Waals surface area contributed by atoms with Gasteiger partial charge in [-0.2, -0.15) is 0 Å². The van der Waals surface area contributed by atoms with Crippen molar-refractivity contribution in [3.63, 3.8) is 0 Å². The lowest BCUT2D eigenvalue weighted by molar-refractivity contribution is 0.548. The molecule has 1 unspecified atom stereocenters. The molecule has 0 heterocycles. The van der Waals surface area contributed by atoms with Gasteiger partial charge in [-0.1, -0.05) is 28.8 Å². The van der Waals surface area contributed by atoms with Crippen LogP contribution in [0.4, 0.5) is 0 Å². The van der Waals surface area contributed by atoms with Crippen LogP contribution in [0.5, 0.6) is 0 Å². The molecule has 1 aromatic rings. The third-order valence-corrected chi connectivity index (χ3v) is 3.12. The smallest absolute Gasteiger partial charge is 0.0454 e. The van der Waals surface area contributed by atoms with Crippen molar-refractivity contribution in [1.82, 2.24) is 5.32 Å². The second-order valence-corrected chi connectivity index (χ2v) is 4.85. The van der Waals surface area contributed by atoms with Crippen LogP contribution >= 0.6 is 23.2 Å². The molecule has 0 aromatic heterocycles. The van der Waals surface area contributed by atoms with Gasteiger partial charge in [-0.05, 0) is 50.6 Å². The number of hydrogen-bond donors (Lipinski definition) is 1. The summed E-state index contributed by atoms with van der Waals surface area (Å²) in [7, 11) is 1.93. The van der Waals surface area contributed by atoms with Crippen LogP contribution in [0.15, 0.2) is 30.4 Å². The van der Waals surface area contributed by atoms with E-state index in [-0.39, 0.29) is 6.04 Å². The predicted octanol–water partition coefficient (Wildman–Crippen LogP) is 4.61. The van der Waals surface area contributed by atoms with Gasteiger partial charge in [0.25, 0.3) is 0 Å². The van der Waals surface area contributed by atoms with Crippen LogP contribution < -0.4 is 5.32 Å². The Morgan fingerprint density at radius 2 is 2.12 bits per heavy atom. The lowest BCUT2D eigenvalue weighted by Crippen LogP contribution is -2.16. The van der Waals surface area contributed by atoms with Crippen molar-refractivity contribution in [2.45, 2.75) is 25.8 Å². The van der Waals surface area contributed by atoms with Crippen molar-refractivity contribution in [2.75, 3.05) is 7.05 Å². The Morgan fingerprint density at radius 3 is 2.69 bits per heavy atom. The molecule has 0 saturated carbocycles. The Morgan fingerprint density at radius 1 is 1.44 bits per heavy atom. The van der Waals surface area contributed by atoms with Crippen LogP contribution in [-0.2, 0) is 0 Å². The number of benzene rings is 1. The van der Waals surface area contributed by atoms with E-state index in [1.165, 1.54) is 5.57 Å². The Labute approximate surface area is 107 Å². The molecule has 0 radical (unpaired) electrons. The molecule has 0 fully saturated rings. The lowest BCUT2D eigenvalue weighted by atomic mass is 10.00. The van der Waals surface area contributed by atoms with Crippen LogP contribution in [0, 0.1) is 0 Å². The van der Waals surface area contributed by atoms with E-state index in [9.17, 15) is 0 Å². The van der Waals surface area contributed by atoms with Crippen molar-refractivity contribution in [2.24, 2.45) is 0 Å². The summed E-state index contributed by atoms with van der Waals surface area (Å²) in [5.41, 5.74) is 2.23. The summed E-state index contributed by atoms with van der Waals surface area (Å²) in [4.78, 5) is 0. The highest BCUT2D eigenvalue weighted by molar-refractivity contribution is 6.33. The first-order valence-corrected chi connectivity index (χ1v) is 6.06. The zero-order valence-corrected chi connectivity index (χ0v) is 11.2. The maximum Gasteiger partial charge on any atom is 0.0454 e. The molecular formula is C13H17Cl2N. The molecular weight excluding hydrogens is 241 g/mol. The van der Waals surface area contributed by atoms with E-state index in [2.05, 4.69) is 11.9 Å². The van der Waals surface area contributed by atoms with Crippen LogP contribution in [-0.4, -0.2) is 7.05 Å². The van der Waals surface area contributed by atoms with Crippen molar-refractivity contribution < 1.29 is 0 Å². The van der Waals surface area contributed by atoms with Crippen LogP contribution in [0.3, 0.4) is 0 Å². The molecule has 0 aliphatic rings. The topological polar surface area (TPSA) is 12.0 Å². The van der Waals surface area contributed by atoms with Crippen molar-refractivity contribution in [1.29, 1.82) is 0 Å². The number of hydrogen-bond acceptors (Lipinski definition) is 1. The third kappa shape index (κ3) is 3.82. The van der Waals surface area contributed by atoms with Gasteiger partial charge in [0, 0.05) is 16.1 Å². The molecule has 1 atom stereocenters. The maximum atomic E-state index is 6.16. The second-order valence-electron chi connectivity index (χ2n) is 4.00. The first kappa shape index (κ1) is 13.6. The quantitative estimate of drug-likeness (QED) is 0.760. The van der Waals surface area contributed by atoms with E-state index in [1.807, 2.05) is 26.1 Å². The molecule has 1 N–H and O–H groups in total. The molecule has 0 spiro atoms. The summed E-state index contributed by atoms with van der Waals surface area (Å²) in [5.74, 6) is 0. The fourth-order valence-electron chi connectivity index (χ4n) is 1.63. The average Bonchev–Trinajstić information content (AvgIpc) is 2.23. The van der Waals surface area contributed by atoms with E-state index in [4.69, 9.17) is 23.2 Å². The van der Waals surface area contributed by atoms with Crippen LogP contribution in [0.25, 0.3) is 0 Å². The molecule has 1 aromatic carbocycles. The minimum Gasteiger partial charge on any atom is -0.313 e. The lowest BCUT2D eigenvalue weighted by Gasteiger charge is -2.18. The number of rotatable bonds is 5. The number of halogens is 2. The SMILES string of the molecule is C=C(C)CCC(NC)c1cc(Cl)ccc1Cl. The Kier molecular flexibility index (Phi) is 5.33. The van der Waals surface area contributed by atoms with Gasteiger partial charge in [0.2, 0.25) is 0 Å². The number of allylic oxidation sites excluding steroid dienone is 1. The van der Waals surface area contributed by atoms with Crippen LogP contribution in [0.2, 0.25) is 10.0 Å². The van der Waals surface area contributed by atoms with Crippen molar-refractivity contribution >= 4 is 23.2 Å². The average molecular weight is 258 g/mol. The van der Waals surface area contributed by atoms with E-state index >= 15 is 0 Å². The highest BCUT2D eigenvalue weighted by Crippen LogP contribution is 2.29. The summed E-state index contributed by atoms with van der Waals surface area (Å²) < 4.78 is 0. The van der Waals surface area contributed by atoms with Gasteiger partial charge in [-0.15, -0.1) is 6.58 Å². The summed E-state index contributed by atoms with van der Waals surface area (Å²) in [6, 6.07) is 5.79. The first-order chi connectivity index (χ1) is 7.54. The fraction of sp³-hybridized carbons (Fsp3) is 0.385. The Bertz CT molecular complexity index is 374. The molecule has 1 nitrogen and oxygen atoms in total. The molecule has 3 heteroatoms. The molecule has 16 heavy (non-hydrogen) atoms. The van der Waals surface area contributed by atoms with E-state index < -0.39 is 0 Å². The van der Waals surface area contributed by atoms with Gasteiger partial charge in [0.15, 0.2) is 0 Å². The van der Waals surface area contributed by atoms with E-state index in [0.717, 1.165) is 28.5 Å². The van der Waals surface area contributed by atoms with Crippen molar-refractivity contribution in [3.05, 3.63) is 46.0 Å². The molecule has 88 valence electrons. The predicted molar refractivity (Wildman–Crippen MR) is 72.3 cm³/mol. The third-order valence-electron chi connectivity index (χ3n) is 2.54. The molecule has 0 saturated heterocycles. The van der Waals surface area contributed by atoms with Crippen LogP contribution in [0.1, 0.15) is 31.4 Å². The minimum absolute atomic E-state index is 0.225. The highest BCUT2D eigenvalue weighted by atomic mass is 35.5. The summed E-state index contributed by atoms with van der Waals surface area (Å²) in [6.45, 7) is 5.94. The van der Waals surface area contributed by atoms with Gasteiger partial charge < -0.3 is 5.32 Å². The van der Waals surface area contributed by atoms with Gasteiger partial charge in [-0.25, -0.2) is 0 Å². The zero-order chi connectivity index (χ0) is 12.1. The van der Waals surface area contributed by atoms with E-state index in [1.54, 1.807) is 6.07 Å². The monoisotopic (exact) mass is 257 g/mol. The molecule has 1 rings (SSSR count). The number of nitrogens with one attached hydrogen (secondary N) is 1. The maximum absolute atomic E-state index is 6.16. The van der Waals surface area contributed by atoms with Gasteiger partial charge >= 0.3 is 0 Å². The van der Waals surface area contributed by atoms with Crippen molar-refractivity contribution in [3.8, 4) is 0 Å². The normalized spacial score (nSPS) is 12.5. The highest BCUT2D eigenvalue weighted by Gasteiger charge is 2.13. The minimum atomic E-state index is 0.225. The fourth-order valence-corrected chi connectivity index (χ4v) is 2.06. The van der Waals surface area contributed by atoms with Gasteiger partial charge in [-0.3, -0.25) is 0 Å². The second kappa shape index (κ2) is 6.29. The largest absolute Gasteiger partial charge is 0.313 e. The first-order valence-electron chi connectivity index (χ1n) is 5.31. The Balaban J connectivity index is 2.85. The molecule has 0 amide bonds. The zero-order valence-electron chi connectivity index (χ0n) is 9.69. The molecule has 0 aliphatic heterocycles. The standard InChI is InChI=1S/C13H17Cl2N/c1-9(2)4-7-13(16-3)11-8-10(14)5-6-12(11)15/h5-6,8,13,16H,1,4,7H2,2-3H3. The summed E-state index contributed by atoms with van der Waals surface area (Å²) >= 11 is 12.1. The van der Waals surface area contributed by atoms with Gasteiger partial charge in [0.05, 0.1) is 0 Å². The Hall–Kier alpha value is -0.500. The summed E-state index contributed by atoms with van der Waals surface area (Å²) in [5, 5.41) is 4.73. The molecule has 0 bridgehead atoms. The van der Waals surface area contributed by atoms with Gasteiger partial charge in [0.1, 0.15) is 0 Å². The summed E-state index contributed by atoms with van der Waals surface area (Å²) in [6.07, 6.45) is 1.96. The van der Waals surface area contributed by atoms with E-state index in [0.29, 0.717) is 0 Å².